The maximum absolute atomic E-state index is 8.67. The van der Waals surface area contributed by atoms with E-state index in [-0.39, 0.29) is 12.9 Å². The molecule has 0 heterocycles. The van der Waals surface area contributed by atoms with Crippen LogP contribution in [-0.2, 0) is 9.47 Å². The largest absolute Gasteiger partial charge is 0.396 e. The van der Waals surface area contributed by atoms with Gasteiger partial charge in [-0.05, 0) is 44.9 Å². The minimum absolute atomic E-state index is 0.00645. The summed E-state index contributed by atoms with van der Waals surface area (Å²) in [5, 5.41) is 8.67. The molecule has 0 radical (unpaired) electrons. The molecule has 0 spiro atoms. The molecule has 0 aliphatic rings. The number of hydrogen-bond acceptors (Lipinski definition) is 3. The number of ether oxygens (including phenoxy) is 2. The van der Waals surface area contributed by atoms with Crippen LogP contribution in [0.4, 0.5) is 0 Å². The van der Waals surface area contributed by atoms with Crippen LogP contribution >= 0.6 is 0 Å². The van der Waals surface area contributed by atoms with E-state index in [1.165, 1.54) is 25.7 Å². The Bertz CT molecular complexity index is 207. The van der Waals surface area contributed by atoms with Crippen molar-refractivity contribution in [2.24, 2.45) is 0 Å². The zero-order chi connectivity index (χ0) is 15.6. The van der Waals surface area contributed by atoms with E-state index in [1.54, 1.807) is 0 Å². The maximum Gasteiger partial charge on any atom is 0.157 e. The molecule has 0 aromatic carbocycles. The second kappa shape index (κ2) is 17.7. The van der Waals surface area contributed by atoms with Crippen molar-refractivity contribution in [3.63, 3.8) is 0 Å². The number of rotatable bonds is 16. The lowest BCUT2D eigenvalue weighted by Crippen LogP contribution is -2.18. The number of hydrogen-bond donors (Lipinski definition) is 1. The number of aliphatic hydroxyl groups excluding tert-OH is 1. The van der Waals surface area contributed by atoms with Gasteiger partial charge in [0.2, 0.25) is 0 Å². The lowest BCUT2D eigenvalue weighted by Gasteiger charge is -2.18. The Labute approximate surface area is 131 Å². The summed E-state index contributed by atoms with van der Waals surface area (Å²) in [6.45, 7) is 6.25. The quantitative estimate of drug-likeness (QED) is 0.252. The normalized spacial score (nSPS) is 11.8. The second-order valence-corrected chi connectivity index (χ2v) is 5.50. The van der Waals surface area contributed by atoms with E-state index < -0.39 is 0 Å². The van der Waals surface area contributed by atoms with Crippen molar-refractivity contribution in [3.05, 3.63) is 12.2 Å². The third-order valence-electron chi connectivity index (χ3n) is 3.38. The SMILES string of the molecule is CCCCOC(CCCCC/C=C/CCO)OCCCC. The van der Waals surface area contributed by atoms with E-state index in [9.17, 15) is 0 Å². The molecule has 21 heavy (non-hydrogen) atoms. The molecule has 0 aromatic heterocycles. The summed E-state index contributed by atoms with van der Waals surface area (Å²) in [6, 6.07) is 0. The van der Waals surface area contributed by atoms with Gasteiger partial charge in [-0.1, -0.05) is 45.3 Å². The zero-order valence-corrected chi connectivity index (χ0v) is 14.2. The summed E-state index contributed by atoms with van der Waals surface area (Å²) in [6.07, 6.45) is 15.3. The van der Waals surface area contributed by atoms with Gasteiger partial charge in [0.05, 0.1) is 0 Å². The van der Waals surface area contributed by atoms with Crippen molar-refractivity contribution in [2.75, 3.05) is 19.8 Å². The average Bonchev–Trinajstić information content (AvgIpc) is 2.49. The van der Waals surface area contributed by atoms with Gasteiger partial charge in [-0.2, -0.15) is 0 Å². The molecule has 0 unspecified atom stereocenters. The fourth-order valence-electron chi connectivity index (χ4n) is 1.99. The van der Waals surface area contributed by atoms with Gasteiger partial charge in [0.25, 0.3) is 0 Å². The highest BCUT2D eigenvalue weighted by Crippen LogP contribution is 2.11. The molecule has 0 rings (SSSR count). The standard InChI is InChI=1S/C18H36O3/c1-3-5-16-20-18(21-17-6-4-2)14-12-10-8-7-9-11-13-15-19/h9,11,18-19H,3-8,10,12-17H2,1-2H3/b11-9+. The van der Waals surface area contributed by atoms with E-state index in [2.05, 4.69) is 26.0 Å². The Hall–Kier alpha value is -0.380. The first kappa shape index (κ1) is 20.6. The van der Waals surface area contributed by atoms with Gasteiger partial charge in [0.1, 0.15) is 0 Å². The van der Waals surface area contributed by atoms with Crippen molar-refractivity contribution in [1.82, 2.24) is 0 Å². The number of aliphatic hydroxyl groups is 1. The summed E-state index contributed by atoms with van der Waals surface area (Å²) in [5.41, 5.74) is 0. The molecule has 0 fully saturated rings. The molecule has 126 valence electrons. The van der Waals surface area contributed by atoms with Crippen molar-refractivity contribution < 1.29 is 14.6 Å². The highest BCUT2D eigenvalue weighted by molar-refractivity contribution is 4.80. The molecule has 0 saturated carbocycles. The molecule has 1 N–H and O–H groups in total. The molecule has 3 heteroatoms. The maximum atomic E-state index is 8.67. The molecule has 0 aromatic rings. The van der Waals surface area contributed by atoms with Gasteiger partial charge >= 0.3 is 0 Å². The predicted molar refractivity (Wildman–Crippen MR) is 89.4 cm³/mol. The third kappa shape index (κ3) is 15.8. The average molecular weight is 300 g/mol. The van der Waals surface area contributed by atoms with Crippen LogP contribution in [-0.4, -0.2) is 31.2 Å². The van der Waals surface area contributed by atoms with E-state index >= 15 is 0 Å². The minimum atomic E-state index is -0.00645. The second-order valence-electron chi connectivity index (χ2n) is 5.50. The molecular weight excluding hydrogens is 264 g/mol. The smallest absolute Gasteiger partial charge is 0.157 e. The van der Waals surface area contributed by atoms with Crippen LogP contribution in [0.2, 0.25) is 0 Å². The van der Waals surface area contributed by atoms with Gasteiger partial charge in [0.15, 0.2) is 6.29 Å². The first-order valence-electron chi connectivity index (χ1n) is 8.84. The van der Waals surface area contributed by atoms with Crippen LogP contribution in [0.15, 0.2) is 12.2 Å². The van der Waals surface area contributed by atoms with Crippen molar-refractivity contribution >= 4 is 0 Å². The van der Waals surface area contributed by atoms with Crippen LogP contribution in [0.3, 0.4) is 0 Å². The molecule has 0 aliphatic heterocycles. The molecule has 0 amide bonds. The fourth-order valence-corrected chi connectivity index (χ4v) is 1.99. The summed E-state index contributed by atoms with van der Waals surface area (Å²) in [4.78, 5) is 0. The van der Waals surface area contributed by atoms with Crippen LogP contribution in [0.25, 0.3) is 0 Å². The predicted octanol–water partition coefficient (Wildman–Crippen LogP) is 4.84. The summed E-state index contributed by atoms with van der Waals surface area (Å²) >= 11 is 0. The Kier molecular flexibility index (Phi) is 17.4. The Morgan fingerprint density at radius 2 is 1.43 bits per heavy atom. The number of allylic oxidation sites excluding steroid dienone is 1. The van der Waals surface area contributed by atoms with Crippen LogP contribution in [0.1, 0.15) is 78.1 Å². The van der Waals surface area contributed by atoms with Crippen molar-refractivity contribution in [1.29, 1.82) is 0 Å². The van der Waals surface area contributed by atoms with Crippen molar-refractivity contribution in [3.8, 4) is 0 Å². The fraction of sp³-hybridized carbons (Fsp3) is 0.889. The molecule has 3 nitrogen and oxygen atoms in total. The van der Waals surface area contributed by atoms with Gasteiger partial charge in [0, 0.05) is 19.8 Å². The molecule has 0 aliphatic carbocycles. The Balaban J connectivity index is 3.62. The molecule has 0 saturated heterocycles. The van der Waals surface area contributed by atoms with E-state index in [0.29, 0.717) is 0 Å². The summed E-state index contributed by atoms with van der Waals surface area (Å²) < 4.78 is 11.6. The number of unbranched alkanes of at least 4 members (excludes halogenated alkanes) is 5. The van der Waals surface area contributed by atoms with Gasteiger partial charge in [-0.3, -0.25) is 0 Å². The minimum Gasteiger partial charge on any atom is -0.396 e. The first-order valence-corrected chi connectivity index (χ1v) is 8.84. The van der Waals surface area contributed by atoms with Crippen molar-refractivity contribution in [2.45, 2.75) is 84.3 Å². The summed E-state index contributed by atoms with van der Waals surface area (Å²) in [5.74, 6) is 0. The van der Waals surface area contributed by atoms with Gasteiger partial charge in [-0.15, -0.1) is 0 Å². The van der Waals surface area contributed by atoms with Gasteiger partial charge < -0.3 is 14.6 Å². The topological polar surface area (TPSA) is 38.7 Å². The molecule has 0 bridgehead atoms. The monoisotopic (exact) mass is 300 g/mol. The van der Waals surface area contributed by atoms with E-state index in [1.807, 2.05) is 0 Å². The first-order chi connectivity index (χ1) is 10.3. The highest BCUT2D eigenvalue weighted by atomic mass is 16.7. The van der Waals surface area contributed by atoms with E-state index in [4.69, 9.17) is 14.6 Å². The van der Waals surface area contributed by atoms with E-state index in [0.717, 1.165) is 51.7 Å². The molecular formula is C18H36O3. The Morgan fingerprint density at radius 3 is 2.00 bits per heavy atom. The molecule has 0 atom stereocenters. The van der Waals surface area contributed by atoms with Crippen LogP contribution < -0.4 is 0 Å². The third-order valence-corrected chi connectivity index (χ3v) is 3.38. The lowest BCUT2D eigenvalue weighted by atomic mass is 10.1. The Morgan fingerprint density at radius 1 is 0.810 bits per heavy atom. The highest BCUT2D eigenvalue weighted by Gasteiger charge is 2.08. The zero-order valence-electron chi connectivity index (χ0n) is 14.2. The lowest BCUT2D eigenvalue weighted by molar-refractivity contribution is -0.147. The summed E-state index contributed by atoms with van der Waals surface area (Å²) in [7, 11) is 0. The van der Waals surface area contributed by atoms with Crippen LogP contribution in [0.5, 0.6) is 0 Å². The van der Waals surface area contributed by atoms with Crippen LogP contribution in [0, 0.1) is 0 Å². The van der Waals surface area contributed by atoms with Gasteiger partial charge in [-0.25, -0.2) is 0 Å².